The summed E-state index contributed by atoms with van der Waals surface area (Å²) < 4.78 is 43.2. The summed E-state index contributed by atoms with van der Waals surface area (Å²) in [7, 11) is -3.37. The first-order valence-electron chi connectivity index (χ1n) is 10.1. The highest BCUT2D eigenvalue weighted by atomic mass is 32.2. The zero-order valence-corrected chi connectivity index (χ0v) is 16.9. The number of nitrogens with zero attached hydrogens (tertiary/aromatic N) is 4. The predicted octanol–water partition coefficient (Wildman–Crippen LogP) is 2.61. The topological polar surface area (TPSA) is 56.8 Å². The van der Waals surface area contributed by atoms with E-state index in [4.69, 9.17) is 0 Å². The third-order valence-corrected chi connectivity index (χ3v) is 7.78. The number of benzene rings is 1. The first-order chi connectivity index (χ1) is 13.6. The molecule has 1 aromatic carbocycles. The van der Waals surface area contributed by atoms with Crippen molar-refractivity contribution in [3.05, 3.63) is 41.8 Å². The Balaban J connectivity index is 1.41. The third kappa shape index (κ3) is 4.05. The van der Waals surface area contributed by atoms with Gasteiger partial charge in [-0.05, 0) is 36.6 Å². The van der Waals surface area contributed by atoms with Crippen molar-refractivity contribution in [3.8, 4) is 0 Å². The van der Waals surface area contributed by atoms with Crippen LogP contribution in [0.4, 0.5) is 4.39 Å². The average molecular weight is 407 g/mol. The molecule has 2 saturated heterocycles. The molecule has 28 heavy (non-hydrogen) atoms. The Labute approximate surface area is 166 Å². The average Bonchev–Trinajstić information content (AvgIpc) is 3.01. The molecule has 0 saturated carbocycles. The fourth-order valence-corrected chi connectivity index (χ4v) is 5.79. The van der Waals surface area contributed by atoms with E-state index in [1.54, 1.807) is 33.0 Å². The molecular formula is C20H27FN4O2S. The highest BCUT2D eigenvalue weighted by molar-refractivity contribution is 7.86. The van der Waals surface area contributed by atoms with Crippen molar-refractivity contribution in [1.82, 2.24) is 18.5 Å². The van der Waals surface area contributed by atoms with Crippen LogP contribution in [-0.4, -0.2) is 66.2 Å². The van der Waals surface area contributed by atoms with Crippen LogP contribution in [0.15, 0.2) is 30.5 Å². The van der Waals surface area contributed by atoms with Gasteiger partial charge in [0.25, 0.3) is 10.2 Å². The minimum Gasteiger partial charge on any atom is -0.296 e. The van der Waals surface area contributed by atoms with E-state index >= 15 is 0 Å². The second kappa shape index (κ2) is 8.41. The quantitative estimate of drug-likeness (QED) is 0.783. The number of aromatic nitrogens is 1. The maximum absolute atomic E-state index is 14.0. The first kappa shape index (κ1) is 19.7. The molecule has 2 aliphatic rings. The molecule has 0 N–H and O–H groups in total. The molecular weight excluding hydrogens is 379 g/mol. The van der Waals surface area contributed by atoms with Gasteiger partial charge < -0.3 is 0 Å². The van der Waals surface area contributed by atoms with Gasteiger partial charge in [0.15, 0.2) is 0 Å². The fraction of sp³-hybridized carbons (Fsp3) is 0.550. The largest absolute Gasteiger partial charge is 0.296 e. The number of fused-ring (bicyclic) bond motifs is 1. The lowest BCUT2D eigenvalue weighted by molar-refractivity contribution is 0.175. The molecule has 0 radical (unpaired) electrons. The number of hydrogen-bond donors (Lipinski definition) is 0. The van der Waals surface area contributed by atoms with Crippen LogP contribution in [-0.2, 0) is 16.8 Å². The summed E-state index contributed by atoms with van der Waals surface area (Å²) in [5.74, 6) is -0.264. The number of pyridine rings is 1. The van der Waals surface area contributed by atoms with E-state index in [1.165, 1.54) is 6.07 Å². The van der Waals surface area contributed by atoms with Gasteiger partial charge in [0.05, 0.1) is 5.52 Å². The fourth-order valence-electron chi connectivity index (χ4n) is 4.12. The van der Waals surface area contributed by atoms with Crippen molar-refractivity contribution in [2.75, 3.05) is 39.3 Å². The van der Waals surface area contributed by atoms with Gasteiger partial charge in [0, 0.05) is 57.4 Å². The lowest BCUT2D eigenvalue weighted by Crippen LogP contribution is -2.52. The van der Waals surface area contributed by atoms with Gasteiger partial charge in [-0.15, -0.1) is 0 Å². The summed E-state index contributed by atoms with van der Waals surface area (Å²) in [6.07, 6.45) is 5.80. The maximum Gasteiger partial charge on any atom is 0.282 e. The van der Waals surface area contributed by atoms with Gasteiger partial charge in [0.1, 0.15) is 5.82 Å². The molecule has 0 spiro atoms. The maximum atomic E-state index is 14.0. The van der Waals surface area contributed by atoms with E-state index in [1.807, 2.05) is 0 Å². The van der Waals surface area contributed by atoms with Crippen molar-refractivity contribution in [3.63, 3.8) is 0 Å². The predicted molar refractivity (Wildman–Crippen MR) is 108 cm³/mol. The number of rotatable bonds is 4. The van der Waals surface area contributed by atoms with Gasteiger partial charge in [-0.1, -0.05) is 18.9 Å². The van der Waals surface area contributed by atoms with Crippen molar-refractivity contribution in [2.24, 2.45) is 0 Å². The summed E-state index contributed by atoms with van der Waals surface area (Å²) in [4.78, 5) is 6.57. The van der Waals surface area contributed by atoms with E-state index in [9.17, 15) is 12.8 Å². The Morgan fingerprint density at radius 2 is 1.57 bits per heavy atom. The van der Waals surface area contributed by atoms with Gasteiger partial charge in [-0.25, -0.2) is 4.39 Å². The molecule has 0 atom stereocenters. The minimum absolute atomic E-state index is 0.264. The van der Waals surface area contributed by atoms with E-state index in [0.717, 1.165) is 31.2 Å². The van der Waals surface area contributed by atoms with Crippen LogP contribution in [0, 0.1) is 5.82 Å². The molecule has 0 amide bonds. The van der Waals surface area contributed by atoms with Crippen LogP contribution >= 0.6 is 0 Å². The summed E-state index contributed by atoms with van der Waals surface area (Å²) in [5, 5.41) is 0.530. The van der Waals surface area contributed by atoms with Crippen LogP contribution in [0.5, 0.6) is 0 Å². The molecule has 3 heterocycles. The lowest BCUT2D eigenvalue weighted by Gasteiger charge is -2.36. The molecule has 4 rings (SSSR count). The Kier molecular flexibility index (Phi) is 5.91. The Bertz CT molecular complexity index is 921. The normalized spacial score (nSPS) is 21.0. The Morgan fingerprint density at radius 1 is 0.893 bits per heavy atom. The summed E-state index contributed by atoms with van der Waals surface area (Å²) in [6, 6.07) is 6.75. The molecule has 2 fully saturated rings. The standard InChI is InChI=1S/C20H27FN4O2S/c21-19-8-7-17(20-18(19)6-5-9-22-20)16-23-12-14-25(15-13-23)28(26,27)24-10-3-1-2-4-11-24/h5-9H,1-4,10-16H2. The van der Waals surface area contributed by atoms with Crippen LogP contribution in [0.2, 0.25) is 0 Å². The Morgan fingerprint density at radius 3 is 2.29 bits per heavy atom. The molecule has 6 nitrogen and oxygen atoms in total. The smallest absolute Gasteiger partial charge is 0.282 e. The van der Waals surface area contributed by atoms with Gasteiger partial charge >= 0.3 is 0 Å². The molecule has 2 aromatic rings. The van der Waals surface area contributed by atoms with Crippen molar-refractivity contribution in [2.45, 2.75) is 32.2 Å². The molecule has 2 aliphatic heterocycles. The number of piperazine rings is 1. The summed E-state index contributed by atoms with van der Waals surface area (Å²) in [6.45, 7) is 4.23. The van der Waals surface area contributed by atoms with Gasteiger partial charge in [0.2, 0.25) is 0 Å². The van der Waals surface area contributed by atoms with Gasteiger partial charge in [-0.2, -0.15) is 17.0 Å². The van der Waals surface area contributed by atoms with E-state index in [-0.39, 0.29) is 5.82 Å². The van der Waals surface area contributed by atoms with E-state index in [2.05, 4.69) is 9.88 Å². The SMILES string of the molecule is O=S(=O)(N1CCCCCC1)N1CCN(Cc2ccc(F)c3cccnc23)CC1. The van der Waals surface area contributed by atoms with Crippen molar-refractivity contribution >= 4 is 21.1 Å². The highest BCUT2D eigenvalue weighted by Crippen LogP contribution is 2.23. The van der Waals surface area contributed by atoms with E-state index in [0.29, 0.717) is 56.7 Å². The highest BCUT2D eigenvalue weighted by Gasteiger charge is 2.32. The molecule has 152 valence electrons. The molecule has 0 bridgehead atoms. The Hall–Kier alpha value is -1.61. The lowest BCUT2D eigenvalue weighted by atomic mass is 10.1. The molecule has 0 unspecified atom stereocenters. The van der Waals surface area contributed by atoms with Crippen molar-refractivity contribution < 1.29 is 12.8 Å². The number of hydrogen-bond acceptors (Lipinski definition) is 4. The molecule has 0 aliphatic carbocycles. The van der Waals surface area contributed by atoms with Crippen molar-refractivity contribution in [1.29, 1.82) is 0 Å². The van der Waals surface area contributed by atoms with Gasteiger partial charge in [-0.3, -0.25) is 9.88 Å². The third-order valence-electron chi connectivity index (χ3n) is 5.74. The minimum atomic E-state index is -3.37. The summed E-state index contributed by atoms with van der Waals surface area (Å²) in [5.41, 5.74) is 1.66. The zero-order chi connectivity index (χ0) is 19.6. The first-order valence-corrected chi connectivity index (χ1v) is 11.4. The van der Waals surface area contributed by atoms with E-state index < -0.39 is 10.2 Å². The second-order valence-corrected chi connectivity index (χ2v) is 9.53. The molecule has 8 heteroatoms. The monoisotopic (exact) mass is 406 g/mol. The number of halogens is 1. The second-order valence-electron chi connectivity index (χ2n) is 7.60. The van der Waals surface area contributed by atoms with Crippen LogP contribution < -0.4 is 0 Å². The van der Waals surface area contributed by atoms with Crippen LogP contribution in [0.3, 0.4) is 0 Å². The molecule has 1 aromatic heterocycles. The summed E-state index contributed by atoms with van der Waals surface area (Å²) >= 11 is 0. The van der Waals surface area contributed by atoms with Crippen LogP contribution in [0.1, 0.15) is 31.2 Å². The van der Waals surface area contributed by atoms with Crippen LogP contribution in [0.25, 0.3) is 10.9 Å². The zero-order valence-electron chi connectivity index (χ0n) is 16.1.